The largest absolute Gasteiger partial charge is 0.315 e. The maximum Gasteiger partial charge on any atom is 0.245 e. The Hall–Kier alpha value is 0.530. The Morgan fingerprint density at radius 2 is 2.17 bits per heavy atom. The number of halogens is 2. The van der Waals surface area contributed by atoms with Crippen LogP contribution in [-0.2, 0) is 10.0 Å². The van der Waals surface area contributed by atoms with Gasteiger partial charge in [0.1, 0.15) is 4.90 Å². The Morgan fingerprint density at radius 3 is 2.83 bits per heavy atom. The third kappa shape index (κ3) is 2.10. The second-order valence-electron chi connectivity index (χ2n) is 4.58. The van der Waals surface area contributed by atoms with Crippen molar-refractivity contribution in [2.75, 3.05) is 19.6 Å². The van der Waals surface area contributed by atoms with Crippen molar-refractivity contribution in [1.82, 2.24) is 9.62 Å². The average molecular weight is 416 g/mol. The van der Waals surface area contributed by atoms with Crippen molar-refractivity contribution in [3.8, 4) is 0 Å². The maximum atomic E-state index is 12.7. The van der Waals surface area contributed by atoms with Gasteiger partial charge in [-0.3, -0.25) is 0 Å². The molecule has 0 saturated carbocycles. The molecule has 0 radical (unpaired) electrons. The molecule has 2 atom stereocenters. The first-order valence-corrected chi connectivity index (χ1v) is 9.52. The molecule has 0 spiro atoms. The summed E-state index contributed by atoms with van der Waals surface area (Å²) in [7, 11) is -3.38. The minimum Gasteiger partial charge on any atom is -0.315 e. The standard InChI is InChI=1S/C10H12Br2N2O2S2/c11-9-3-8(10(12)17-9)18(15,16)14-2-1-6-4-13-5-7(6)14/h3,6-7,13H,1-2,4-5H2/t6-,7+/m0/s1. The van der Waals surface area contributed by atoms with E-state index in [1.807, 2.05) is 0 Å². The fraction of sp³-hybridized carbons (Fsp3) is 0.600. The molecular formula is C10H12Br2N2O2S2. The van der Waals surface area contributed by atoms with E-state index >= 15 is 0 Å². The van der Waals surface area contributed by atoms with Crippen molar-refractivity contribution in [3.63, 3.8) is 0 Å². The van der Waals surface area contributed by atoms with Crippen LogP contribution in [0.1, 0.15) is 6.42 Å². The predicted octanol–water partition coefficient (Wildman–Crippen LogP) is 2.26. The molecule has 1 N–H and O–H groups in total. The highest BCUT2D eigenvalue weighted by atomic mass is 79.9. The minimum absolute atomic E-state index is 0.126. The molecule has 1 aromatic rings. The van der Waals surface area contributed by atoms with E-state index in [9.17, 15) is 8.42 Å². The normalized spacial score (nSPS) is 28.8. The summed E-state index contributed by atoms with van der Waals surface area (Å²) in [5.74, 6) is 0.473. The molecule has 100 valence electrons. The lowest BCUT2D eigenvalue weighted by Crippen LogP contribution is -2.38. The quantitative estimate of drug-likeness (QED) is 0.805. The summed E-state index contributed by atoms with van der Waals surface area (Å²) < 4.78 is 28.5. The van der Waals surface area contributed by atoms with Gasteiger partial charge in [-0.05, 0) is 56.8 Å². The van der Waals surface area contributed by atoms with Crippen molar-refractivity contribution in [2.45, 2.75) is 17.4 Å². The lowest BCUT2D eigenvalue weighted by molar-refractivity contribution is 0.383. The van der Waals surface area contributed by atoms with Gasteiger partial charge in [-0.15, -0.1) is 11.3 Å². The van der Waals surface area contributed by atoms with Crippen LogP contribution in [-0.4, -0.2) is 38.4 Å². The van der Waals surface area contributed by atoms with Crippen molar-refractivity contribution in [3.05, 3.63) is 13.6 Å². The van der Waals surface area contributed by atoms with Gasteiger partial charge in [0.05, 0.1) is 7.57 Å². The molecule has 3 rings (SSSR count). The maximum absolute atomic E-state index is 12.7. The van der Waals surface area contributed by atoms with Gasteiger partial charge in [-0.25, -0.2) is 8.42 Å². The van der Waals surface area contributed by atoms with Crippen molar-refractivity contribution in [1.29, 1.82) is 0 Å². The second kappa shape index (κ2) is 4.82. The molecule has 0 aromatic carbocycles. The predicted molar refractivity (Wildman–Crippen MR) is 78.4 cm³/mol. The van der Waals surface area contributed by atoms with Crippen LogP contribution in [0.15, 0.2) is 18.5 Å². The Morgan fingerprint density at radius 1 is 1.39 bits per heavy atom. The van der Waals surface area contributed by atoms with Gasteiger partial charge in [-0.2, -0.15) is 4.31 Å². The molecule has 4 nitrogen and oxygen atoms in total. The minimum atomic E-state index is -3.38. The van der Waals surface area contributed by atoms with Crippen LogP contribution in [0.5, 0.6) is 0 Å². The molecule has 2 saturated heterocycles. The van der Waals surface area contributed by atoms with Crippen molar-refractivity contribution < 1.29 is 8.42 Å². The summed E-state index contributed by atoms with van der Waals surface area (Å²) in [6.45, 7) is 2.34. The van der Waals surface area contributed by atoms with Gasteiger partial charge >= 0.3 is 0 Å². The van der Waals surface area contributed by atoms with Crippen molar-refractivity contribution in [2.24, 2.45) is 5.92 Å². The van der Waals surface area contributed by atoms with E-state index in [2.05, 4.69) is 37.2 Å². The number of rotatable bonds is 2. The first-order valence-electron chi connectivity index (χ1n) is 5.67. The topological polar surface area (TPSA) is 49.4 Å². The van der Waals surface area contributed by atoms with Gasteiger partial charge in [0.15, 0.2) is 0 Å². The molecule has 2 fully saturated rings. The van der Waals surface area contributed by atoms with Gasteiger partial charge in [0.25, 0.3) is 0 Å². The molecule has 18 heavy (non-hydrogen) atoms. The highest BCUT2D eigenvalue weighted by Crippen LogP contribution is 2.39. The molecular weight excluding hydrogens is 404 g/mol. The Balaban J connectivity index is 1.98. The van der Waals surface area contributed by atoms with Gasteiger partial charge in [0, 0.05) is 19.1 Å². The average Bonchev–Trinajstić information content (AvgIpc) is 2.91. The number of nitrogens with zero attached hydrogens (tertiary/aromatic N) is 1. The molecule has 2 aliphatic heterocycles. The lowest BCUT2D eigenvalue weighted by atomic mass is 10.1. The van der Waals surface area contributed by atoms with E-state index in [0.717, 1.165) is 23.3 Å². The molecule has 3 heterocycles. The van der Waals surface area contributed by atoms with Crippen molar-refractivity contribution >= 4 is 53.2 Å². The van der Waals surface area contributed by atoms with Crippen LogP contribution in [0.25, 0.3) is 0 Å². The van der Waals surface area contributed by atoms with E-state index < -0.39 is 10.0 Å². The van der Waals surface area contributed by atoms with E-state index in [4.69, 9.17) is 0 Å². The smallest absolute Gasteiger partial charge is 0.245 e. The van der Waals surface area contributed by atoms with E-state index in [1.54, 1.807) is 10.4 Å². The summed E-state index contributed by atoms with van der Waals surface area (Å²) in [6, 6.07) is 1.81. The third-order valence-corrected chi connectivity index (χ3v) is 8.29. The Bertz CT molecular complexity index is 572. The Labute approximate surface area is 127 Å². The fourth-order valence-electron chi connectivity index (χ4n) is 2.74. The van der Waals surface area contributed by atoms with Crippen LogP contribution in [0.2, 0.25) is 0 Å². The first-order chi connectivity index (χ1) is 8.50. The summed E-state index contributed by atoms with van der Waals surface area (Å²) in [5, 5.41) is 3.27. The summed E-state index contributed by atoms with van der Waals surface area (Å²) >= 11 is 8.07. The third-order valence-electron chi connectivity index (χ3n) is 3.61. The summed E-state index contributed by atoms with van der Waals surface area (Å²) in [5.41, 5.74) is 0. The highest BCUT2D eigenvalue weighted by Gasteiger charge is 2.44. The molecule has 0 unspecified atom stereocenters. The van der Waals surface area contributed by atoms with Crippen LogP contribution < -0.4 is 5.32 Å². The van der Waals surface area contributed by atoms with Crippen LogP contribution in [0, 0.1) is 5.92 Å². The molecule has 1 aromatic heterocycles. The van der Waals surface area contributed by atoms with Crippen LogP contribution >= 0.6 is 43.2 Å². The fourth-order valence-corrected chi connectivity index (χ4v) is 8.20. The number of nitrogens with one attached hydrogen (secondary N) is 1. The van der Waals surface area contributed by atoms with E-state index in [1.165, 1.54) is 11.3 Å². The number of sulfonamides is 1. The van der Waals surface area contributed by atoms with E-state index in [0.29, 0.717) is 21.1 Å². The monoisotopic (exact) mass is 414 g/mol. The summed E-state index contributed by atoms with van der Waals surface area (Å²) in [6.07, 6.45) is 0.958. The van der Waals surface area contributed by atoms with Gasteiger partial charge < -0.3 is 5.32 Å². The number of thiophene rings is 1. The number of hydrogen-bond donors (Lipinski definition) is 1. The zero-order valence-corrected chi connectivity index (χ0v) is 14.2. The lowest BCUT2D eigenvalue weighted by Gasteiger charge is -2.22. The highest BCUT2D eigenvalue weighted by molar-refractivity contribution is 9.12. The van der Waals surface area contributed by atoms with Gasteiger partial charge in [-0.1, -0.05) is 0 Å². The van der Waals surface area contributed by atoms with Crippen LogP contribution in [0.3, 0.4) is 0 Å². The molecule has 2 aliphatic rings. The van der Waals surface area contributed by atoms with Crippen LogP contribution in [0.4, 0.5) is 0 Å². The summed E-state index contributed by atoms with van der Waals surface area (Å²) in [4.78, 5) is 0.381. The zero-order chi connectivity index (χ0) is 12.9. The Kier molecular flexibility index (Phi) is 3.62. The first kappa shape index (κ1) is 13.5. The zero-order valence-electron chi connectivity index (χ0n) is 9.40. The number of hydrogen-bond acceptors (Lipinski definition) is 4. The second-order valence-corrected chi connectivity index (χ2v) is 10.2. The molecule has 0 bridgehead atoms. The van der Waals surface area contributed by atoms with Gasteiger partial charge in [0.2, 0.25) is 10.0 Å². The molecule has 0 aliphatic carbocycles. The number of fused-ring (bicyclic) bond motifs is 1. The molecule has 0 amide bonds. The SMILES string of the molecule is O=S(=O)(c1cc(Br)sc1Br)N1CC[C@H]2CNC[C@H]21. The van der Waals surface area contributed by atoms with E-state index in [-0.39, 0.29) is 6.04 Å². The molecule has 8 heteroatoms.